The molecule has 8 nitrogen and oxygen atoms in total. The molecule has 0 saturated carbocycles. The first-order valence-electron chi connectivity index (χ1n) is 14.1. The number of imidazole rings is 1. The molecule has 41 heavy (non-hydrogen) atoms. The zero-order chi connectivity index (χ0) is 29.1. The third kappa shape index (κ3) is 5.57. The van der Waals surface area contributed by atoms with Gasteiger partial charge >= 0.3 is 0 Å². The van der Waals surface area contributed by atoms with Crippen LogP contribution in [0, 0.1) is 6.92 Å². The Morgan fingerprint density at radius 3 is 2.54 bits per heavy atom. The van der Waals surface area contributed by atoms with Crippen LogP contribution in [-0.2, 0) is 27.3 Å². The van der Waals surface area contributed by atoms with Gasteiger partial charge in [0.1, 0.15) is 18.1 Å². The van der Waals surface area contributed by atoms with Gasteiger partial charge in [-0.15, -0.1) is 0 Å². The molecule has 2 heterocycles. The monoisotopic (exact) mass is 554 g/mol. The van der Waals surface area contributed by atoms with Crippen LogP contribution in [0.4, 0.5) is 11.4 Å². The Hall–Kier alpha value is -4.17. The van der Waals surface area contributed by atoms with Gasteiger partial charge in [0, 0.05) is 31.7 Å². The van der Waals surface area contributed by atoms with Crippen LogP contribution >= 0.6 is 0 Å². The Morgan fingerprint density at radius 2 is 1.83 bits per heavy atom. The van der Waals surface area contributed by atoms with Crippen molar-refractivity contribution in [1.82, 2.24) is 9.55 Å². The first-order valence-corrected chi connectivity index (χ1v) is 14.1. The summed E-state index contributed by atoms with van der Waals surface area (Å²) in [6.45, 7) is 7.18. The van der Waals surface area contributed by atoms with E-state index in [1.54, 1.807) is 19.1 Å². The number of carbonyl (C=O) groups excluding carboxylic acids is 2. The molecule has 2 amide bonds. The van der Waals surface area contributed by atoms with Crippen molar-refractivity contribution in [2.45, 2.75) is 52.1 Å². The van der Waals surface area contributed by atoms with Crippen LogP contribution in [-0.4, -0.2) is 54.8 Å². The van der Waals surface area contributed by atoms with E-state index in [1.807, 2.05) is 84.0 Å². The molecule has 5 rings (SSSR count). The molecule has 1 fully saturated rings. The minimum absolute atomic E-state index is 0.0351. The number of rotatable bonds is 10. The van der Waals surface area contributed by atoms with Gasteiger partial charge in [0.15, 0.2) is 0 Å². The summed E-state index contributed by atoms with van der Waals surface area (Å²) < 4.78 is 12.8. The maximum Gasteiger partial charge on any atom is 0.247 e. The summed E-state index contributed by atoms with van der Waals surface area (Å²) in [5.41, 5.74) is 5.63. The molecule has 4 aromatic rings. The van der Waals surface area contributed by atoms with E-state index in [0.29, 0.717) is 19.6 Å². The predicted octanol–water partition coefficient (Wildman–Crippen LogP) is 5.50. The lowest BCUT2D eigenvalue weighted by Gasteiger charge is -2.32. The van der Waals surface area contributed by atoms with Gasteiger partial charge in [0.2, 0.25) is 11.8 Å². The fraction of sp³-hybridized carbons (Fsp3) is 0.364. The number of aromatic nitrogens is 2. The number of fused-ring (bicyclic) bond motifs is 1. The van der Waals surface area contributed by atoms with E-state index in [4.69, 9.17) is 14.5 Å². The molecule has 214 valence electrons. The van der Waals surface area contributed by atoms with Gasteiger partial charge in [-0.3, -0.25) is 9.59 Å². The lowest BCUT2D eigenvalue weighted by molar-refractivity contribution is -0.120. The molecule has 1 aromatic heterocycles. The minimum atomic E-state index is -0.171. The Kier molecular flexibility index (Phi) is 8.40. The van der Waals surface area contributed by atoms with Crippen LogP contribution in [0.1, 0.15) is 43.1 Å². The van der Waals surface area contributed by atoms with Gasteiger partial charge in [-0.1, -0.05) is 37.3 Å². The molecule has 8 heteroatoms. The van der Waals surface area contributed by atoms with Crippen molar-refractivity contribution in [1.29, 1.82) is 0 Å². The van der Waals surface area contributed by atoms with Gasteiger partial charge in [0.05, 0.1) is 36.5 Å². The third-order valence-corrected chi connectivity index (χ3v) is 7.91. The Bertz CT molecular complexity index is 1540. The number of amides is 2. The molecule has 0 aliphatic carbocycles. The summed E-state index contributed by atoms with van der Waals surface area (Å²) in [5, 5.41) is 0. The number of carbonyl (C=O) groups is 2. The Labute approximate surface area is 241 Å². The second-order valence-corrected chi connectivity index (χ2v) is 10.7. The number of ether oxygens (including phenoxy) is 2. The highest BCUT2D eigenvalue weighted by atomic mass is 16.5. The zero-order valence-electron chi connectivity index (χ0n) is 24.5. The first kappa shape index (κ1) is 28.4. The fourth-order valence-corrected chi connectivity index (χ4v) is 5.93. The van der Waals surface area contributed by atoms with Gasteiger partial charge in [-0.2, -0.15) is 0 Å². The van der Waals surface area contributed by atoms with Crippen molar-refractivity contribution in [3.8, 4) is 5.75 Å². The second-order valence-electron chi connectivity index (χ2n) is 10.7. The van der Waals surface area contributed by atoms with Crippen LogP contribution in [0.25, 0.3) is 11.0 Å². The van der Waals surface area contributed by atoms with Crippen molar-refractivity contribution < 1.29 is 19.1 Å². The lowest BCUT2D eigenvalue weighted by atomic mass is 10.0. The van der Waals surface area contributed by atoms with Gasteiger partial charge in [0.25, 0.3) is 0 Å². The largest absolute Gasteiger partial charge is 0.497 e. The Morgan fingerprint density at radius 1 is 1.07 bits per heavy atom. The highest BCUT2D eigenvalue weighted by Crippen LogP contribution is 2.35. The van der Waals surface area contributed by atoms with Crippen LogP contribution in [0.2, 0.25) is 0 Å². The van der Waals surface area contributed by atoms with Crippen LogP contribution in [0.3, 0.4) is 0 Å². The summed E-state index contributed by atoms with van der Waals surface area (Å²) in [6, 6.07) is 21.4. The maximum atomic E-state index is 14.3. The molecule has 1 aliphatic rings. The molecule has 1 saturated heterocycles. The number of methoxy groups -OCH3 is 2. The van der Waals surface area contributed by atoms with E-state index in [0.717, 1.165) is 51.5 Å². The number of para-hydroxylation sites is 3. The maximum absolute atomic E-state index is 14.3. The van der Waals surface area contributed by atoms with Gasteiger partial charge in [-0.05, 0) is 67.8 Å². The predicted molar refractivity (Wildman–Crippen MR) is 162 cm³/mol. The molecule has 0 unspecified atom stereocenters. The van der Waals surface area contributed by atoms with E-state index < -0.39 is 0 Å². The molecular formula is C33H38N4O4. The molecule has 0 bridgehead atoms. The van der Waals surface area contributed by atoms with Crippen LogP contribution in [0.5, 0.6) is 5.75 Å². The van der Waals surface area contributed by atoms with E-state index in [2.05, 4.69) is 13.0 Å². The highest BCUT2D eigenvalue weighted by Gasteiger charge is 2.36. The van der Waals surface area contributed by atoms with Gasteiger partial charge < -0.3 is 23.8 Å². The minimum Gasteiger partial charge on any atom is -0.497 e. The summed E-state index contributed by atoms with van der Waals surface area (Å²) in [7, 11) is 3.28. The highest BCUT2D eigenvalue weighted by molar-refractivity contribution is 5.98. The van der Waals surface area contributed by atoms with E-state index in [9.17, 15) is 9.59 Å². The summed E-state index contributed by atoms with van der Waals surface area (Å²) in [6.07, 6.45) is 1.14. The average Bonchev–Trinajstić information content (AvgIpc) is 3.54. The van der Waals surface area contributed by atoms with Crippen molar-refractivity contribution in [3.05, 3.63) is 83.7 Å². The second kappa shape index (κ2) is 12.1. The fourth-order valence-electron chi connectivity index (χ4n) is 5.93. The molecule has 0 N–H and O–H groups in total. The van der Waals surface area contributed by atoms with E-state index in [-0.39, 0.29) is 30.3 Å². The zero-order valence-corrected chi connectivity index (χ0v) is 24.5. The van der Waals surface area contributed by atoms with Crippen molar-refractivity contribution in [3.63, 3.8) is 0 Å². The number of nitrogens with zero attached hydrogens (tertiary/aromatic N) is 4. The standard InChI is InChI=1S/C33H38N4O4/c1-6-24-11-9-10-22(2)32(24)37(23(3)21-40-4)31(39)20-36-29-13-8-7-12-28(29)34-33(36)25-18-30(38)35(19-25)26-14-16-27(41-5)17-15-26/h7-17,23,25H,6,18-21H2,1-5H3/t23-,25-/m1/s1. The first-order chi connectivity index (χ1) is 19.9. The molecule has 0 radical (unpaired) electrons. The number of hydrogen-bond acceptors (Lipinski definition) is 5. The van der Waals surface area contributed by atoms with Crippen molar-refractivity contribution in [2.24, 2.45) is 0 Å². The molecule has 3 aromatic carbocycles. The third-order valence-electron chi connectivity index (χ3n) is 7.91. The lowest BCUT2D eigenvalue weighted by Crippen LogP contribution is -2.44. The molecule has 2 atom stereocenters. The summed E-state index contributed by atoms with van der Waals surface area (Å²) in [5.74, 6) is 1.33. The molecular weight excluding hydrogens is 516 g/mol. The number of aryl methyl sites for hydroxylation is 2. The number of benzene rings is 3. The van der Waals surface area contributed by atoms with E-state index >= 15 is 0 Å². The SMILES string of the molecule is CCc1cccc(C)c1N(C(=O)Cn1c([C@@H]2CC(=O)N(c3ccc(OC)cc3)C2)nc2ccccc21)[C@H](C)COC. The Balaban J connectivity index is 1.51. The topological polar surface area (TPSA) is 76.9 Å². The summed E-state index contributed by atoms with van der Waals surface area (Å²) >= 11 is 0. The van der Waals surface area contributed by atoms with Crippen molar-refractivity contribution >= 4 is 34.2 Å². The normalized spacial score (nSPS) is 15.9. The smallest absolute Gasteiger partial charge is 0.247 e. The van der Waals surface area contributed by atoms with Crippen LogP contribution < -0.4 is 14.5 Å². The quantitative estimate of drug-likeness (QED) is 0.259. The van der Waals surface area contributed by atoms with Crippen LogP contribution in [0.15, 0.2) is 66.7 Å². The summed E-state index contributed by atoms with van der Waals surface area (Å²) in [4.78, 5) is 36.1. The number of hydrogen-bond donors (Lipinski definition) is 0. The molecule has 0 spiro atoms. The van der Waals surface area contributed by atoms with Gasteiger partial charge in [-0.25, -0.2) is 4.98 Å². The van der Waals surface area contributed by atoms with Crippen molar-refractivity contribution in [2.75, 3.05) is 37.2 Å². The molecule has 1 aliphatic heterocycles. The number of anilines is 2. The average molecular weight is 555 g/mol. The van der Waals surface area contributed by atoms with E-state index in [1.165, 1.54) is 0 Å².